The molecule has 1 heterocycles. The van der Waals surface area contributed by atoms with E-state index in [2.05, 4.69) is 10.6 Å². The first-order valence-corrected chi connectivity index (χ1v) is 11.2. The van der Waals surface area contributed by atoms with E-state index < -0.39 is 24.0 Å². The van der Waals surface area contributed by atoms with Crippen molar-refractivity contribution >= 4 is 29.5 Å². The third-order valence-corrected chi connectivity index (χ3v) is 5.80. The lowest BCUT2D eigenvalue weighted by Gasteiger charge is -2.40. The molecule has 1 fully saturated rings. The molecular weight excluding hydrogens is 452 g/mol. The first-order chi connectivity index (χ1) is 16.8. The van der Waals surface area contributed by atoms with E-state index in [4.69, 9.17) is 9.47 Å². The summed E-state index contributed by atoms with van der Waals surface area (Å²) < 4.78 is 10.0. The molecule has 0 aromatic heterocycles. The quantitative estimate of drug-likeness (QED) is 0.580. The highest BCUT2D eigenvalue weighted by Gasteiger charge is 2.37. The van der Waals surface area contributed by atoms with Crippen LogP contribution < -0.4 is 15.4 Å². The lowest BCUT2D eigenvalue weighted by Crippen LogP contribution is -2.63. The normalized spacial score (nSPS) is 16.1. The van der Waals surface area contributed by atoms with Gasteiger partial charge in [-0.2, -0.15) is 0 Å². The van der Waals surface area contributed by atoms with E-state index in [-0.39, 0.29) is 38.0 Å². The summed E-state index contributed by atoms with van der Waals surface area (Å²) in [6.45, 7) is 1.82. The van der Waals surface area contributed by atoms with Gasteiger partial charge in [-0.05, 0) is 29.8 Å². The molecule has 35 heavy (non-hydrogen) atoms. The number of ether oxygens (including phenoxy) is 2. The van der Waals surface area contributed by atoms with E-state index in [0.29, 0.717) is 11.4 Å². The molecule has 1 aliphatic rings. The monoisotopic (exact) mass is 482 g/mol. The van der Waals surface area contributed by atoms with Crippen molar-refractivity contribution in [2.45, 2.75) is 25.4 Å². The Morgan fingerprint density at radius 1 is 1.00 bits per heavy atom. The molecular formula is C25H30N4O6. The Morgan fingerprint density at radius 3 is 2.29 bits per heavy atom. The van der Waals surface area contributed by atoms with Gasteiger partial charge in [-0.1, -0.05) is 30.3 Å². The van der Waals surface area contributed by atoms with Crippen molar-refractivity contribution in [1.82, 2.24) is 15.1 Å². The molecule has 0 aliphatic carbocycles. The Morgan fingerprint density at radius 2 is 1.69 bits per heavy atom. The maximum Gasteiger partial charge on any atom is 0.328 e. The van der Waals surface area contributed by atoms with Gasteiger partial charge in [0.1, 0.15) is 17.8 Å². The number of para-hydroxylation sites is 1. The molecule has 1 saturated heterocycles. The molecule has 4 amide bonds. The Balaban J connectivity index is 1.72. The van der Waals surface area contributed by atoms with Crippen LogP contribution in [0.25, 0.3) is 0 Å². The first-order valence-electron chi connectivity index (χ1n) is 11.2. The SMILES string of the molecule is COC(=O)[C@H](Cc1ccc(OC)cc1)NC(=O)[C@H]1CN(C(=O)Nc2ccccc2)CCN1C(C)=O. The van der Waals surface area contributed by atoms with Gasteiger partial charge >= 0.3 is 12.0 Å². The molecule has 2 aromatic carbocycles. The van der Waals surface area contributed by atoms with Crippen molar-refractivity contribution in [3.05, 3.63) is 60.2 Å². The number of carbonyl (C=O) groups excluding carboxylic acids is 4. The number of hydrogen-bond donors (Lipinski definition) is 2. The number of amides is 4. The van der Waals surface area contributed by atoms with Crippen molar-refractivity contribution in [1.29, 1.82) is 0 Å². The third kappa shape index (κ3) is 6.72. The molecule has 0 bridgehead atoms. The van der Waals surface area contributed by atoms with E-state index in [0.717, 1.165) is 5.56 Å². The van der Waals surface area contributed by atoms with Gasteiger partial charge in [-0.25, -0.2) is 9.59 Å². The second-order valence-corrected chi connectivity index (χ2v) is 8.11. The van der Waals surface area contributed by atoms with Gasteiger partial charge in [-0.15, -0.1) is 0 Å². The van der Waals surface area contributed by atoms with Crippen molar-refractivity contribution in [3.8, 4) is 5.75 Å². The van der Waals surface area contributed by atoms with E-state index in [1.54, 1.807) is 55.6 Å². The summed E-state index contributed by atoms with van der Waals surface area (Å²) >= 11 is 0. The van der Waals surface area contributed by atoms with Crippen LogP contribution in [0, 0.1) is 0 Å². The highest BCUT2D eigenvalue weighted by atomic mass is 16.5. The van der Waals surface area contributed by atoms with E-state index in [1.165, 1.54) is 23.8 Å². The summed E-state index contributed by atoms with van der Waals surface area (Å²) in [7, 11) is 2.80. The lowest BCUT2D eigenvalue weighted by molar-refractivity contribution is -0.147. The number of nitrogens with zero attached hydrogens (tertiary/aromatic N) is 2. The molecule has 0 spiro atoms. The molecule has 1 aliphatic heterocycles. The number of piperazine rings is 1. The minimum atomic E-state index is -0.969. The number of nitrogens with one attached hydrogen (secondary N) is 2. The fraction of sp³-hybridized carbons (Fsp3) is 0.360. The average molecular weight is 483 g/mol. The first kappa shape index (κ1) is 25.5. The molecule has 2 N–H and O–H groups in total. The number of anilines is 1. The molecule has 3 rings (SSSR count). The summed E-state index contributed by atoms with van der Waals surface area (Å²) in [6, 6.07) is 13.8. The Hall–Kier alpha value is -4.08. The molecule has 186 valence electrons. The van der Waals surface area contributed by atoms with E-state index in [9.17, 15) is 19.2 Å². The third-order valence-electron chi connectivity index (χ3n) is 5.80. The summed E-state index contributed by atoms with van der Waals surface area (Å²) in [5.41, 5.74) is 1.41. The van der Waals surface area contributed by atoms with Crippen molar-refractivity contribution in [2.24, 2.45) is 0 Å². The van der Waals surface area contributed by atoms with Crippen LogP contribution in [-0.2, 0) is 25.5 Å². The zero-order valence-electron chi connectivity index (χ0n) is 20.0. The molecule has 10 heteroatoms. The second-order valence-electron chi connectivity index (χ2n) is 8.11. The molecule has 0 radical (unpaired) electrons. The fourth-order valence-electron chi connectivity index (χ4n) is 3.89. The van der Waals surface area contributed by atoms with Crippen molar-refractivity contribution < 1.29 is 28.7 Å². The Labute approximate surface area is 204 Å². The highest BCUT2D eigenvalue weighted by molar-refractivity contribution is 5.93. The maximum absolute atomic E-state index is 13.3. The van der Waals surface area contributed by atoms with Gasteiger partial charge in [0.25, 0.3) is 0 Å². The zero-order chi connectivity index (χ0) is 25.4. The topological polar surface area (TPSA) is 117 Å². The van der Waals surface area contributed by atoms with Gasteiger partial charge in [0.15, 0.2) is 0 Å². The summed E-state index contributed by atoms with van der Waals surface area (Å²) in [5.74, 6) is -0.780. The predicted octanol–water partition coefficient (Wildman–Crippen LogP) is 1.66. The number of benzene rings is 2. The molecule has 2 atom stereocenters. The number of carbonyl (C=O) groups is 4. The summed E-state index contributed by atoms with van der Waals surface area (Å²) in [6.07, 6.45) is 0.188. The van der Waals surface area contributed by atoms with Gasteiger partial charge < -0.3 is 29.9 Å². The number of methoxy groups -OCH3 is 2. The number of esters is 1. The summed E-state index contributed by atoms with van der Waals surface area (Å²) in [5, 5.41) is 5.50. The van der Waals surface area contributed by atoms with Crippen LogP contribution in [0.5, 0.6) is 5.75 Å². The zero-order valence-corrected chi connectivity index (χ0v) is 20.0. The number of rotatable bonds is 7. The molecule has 0 saturated carbocycles. The minimum absolute atomic E-state index is 0.0134. The van der Waals surface area contributed by atoms with Crippen LogP contribution in [0.4, 0.5) is 10.5 Å². The fourth-order valence-corrected chi connectivity index (χ4v) is 3.89. The smallest absolute Gasteiger partial charge is 0.328 e. The van der Waals surface area contributed by atoms with E-state index in [1.807, 2.05) is 6.07 Å². The van der Waals surface area contributed by atoms with Crippen LogP contribution in [0.1, 0.15) is 12.5 Å². The second kappa shape index (κ2) is 11.9. The van der Waals surface area contributed by atoms with Crippen molar-refractivity contribution in [2.75, 3.05) is 39.2 Å². The van der Waals surface area contributed by atoms with Crippen LogP contribution in [-0.4, -0.2) is 79.6 Å². The Kier molecular flexibility index (Phi) is 8.66. The van der Waals surface area contributed by atoms with Crippen LogP contribution in [0.2, 0.25) is 0 Å². The highest BCUT2D eigenvalue weighted by Crippen LogP contribution is 2.16. The van der Waals surface area contributed by atoms with Crippen LogP contribution in [0.3, 0.4) is 0 Å². The maximum atomic E-state index is 13.3. The van der Waals surface area contributed by atoms with Crippen molar-refractivity contribution in [3.63, 3.8) is 0 Å². The lowest BCUT2D eigenvalue weighted by atomic mass is 10.0. The Bertz CT molecular complexity index is 1040. The number of urea groups is 1. The average Bonchev–Trinajstić information content (AvgIpc) is 2.88. The summed E-state index contributed by atoms with van der Waals surface area (Å²) in [4.78, 5) is 53.6. The van der Waals surface area contributed by atoms with Gasteiger partial charge in [0, 0.05) is 32.1 Å². The number of hydrogen-bond acceptors (Lipinski definition) is 6. The van der Waals surface area contributed by atoms with Crippen LogP contribution in [0.15, 0.2) is 54.6 Å². The van der Waals surface area contributed by atoms with Crippen LogP contribution >= 0.6 is 0 Å². The van der Waals surface area contributed by atoms with Gasteiger partial charge in [-0.3, -0.25) is 9.59 Å². The van der Waals surface area contributed by atoms with Gasteiger partial charge in [0.2, 0.25) is 11.8 Å². The molecule has 10 nitrogen and oxygen atoms in total. The van der Waals surface area contributed by atoms with Gasteiger partial charge in [0.05, 0.1) is 20.8 Å². The predicted molar refractivity (Wildman–Crippen MR) is 129 cm³/mol. The molecule has 0 unspecified atom stereocenters. The van der Waals surface area contributed by atoms with E-state index >= 15 is 0 Å². The standard InChI is InChI=1S/C25H30N4O6/c1-17(30)29-14-13-28(25(33)26-19-7-5-4-6-8-19)16-22(29)23(31)27-21(24(32)35-3)15-18-9-11-20(34-2)12-10-18/h4-12,21-22H,13-16H2,1-3H3,(H,26,33)(H,27,31)/t21-,22+/m0/s1. The largest absolute Gasteiger partial charge is 0.497 e. The molecule has 2 aromatic rings. The minimum Gasteiger partial charge on any atom is -0.497 e.